The highest BCUT2D eigenvalue weighted by Crippen LogP contribution is 2.40. The van der Waals surface area contributed by atoms with Gasteiger partial charge in [-0.1, -0.05) is 0 Å². The average Bonchev–Trinajstić information content (AvgIpc) is 2.55. The van der Waals surface area contributed by atoms with Crippen LogP contribution in [0.2, 0.25) is 0 Å². The van der Waals surface area contributed by atoms with E-state index < -0.39 is 36.8 Å². The number of carbonyl (C=O) groups is 1. The molecular formula is C10H9F3N2O2. The van der Waals surface area contributed by atoms with E-state index in [1.807, 2.05) is 0 Å². The summed E-state index contributed by atoms with van der Waals surface area (Å²) in [6.07, 6.45) is 0.0356. The first-order valence-electron chi connectivity index (χ1n) is 4.87. The third kappa shape index (κ3) is 2.32. The highest BCUT2D eigenvalue weighted by Gasteiger charge is 2.47. The molecule has 7 heteroatoms. The van der Waals surface area contributed by atoms with Gasteiger partial charge in [-0.05, 0) is 11.6 Å². The molecule has 1 unspecified atom stereocenters. The normalized spacial score (nSPS) is 22.8. The Balaban J connectivity index is 2.33. The van der Waals surface area contributed by atoms with Crippen LogP contribution in [0.1, 0.15) is 18.0 Å². The fourth-order valence-electron chi connectivity index (χ4n) is 1.93. The topological polar surface area (TPSA) is 53.4 Å². The predicted molar refractivity (Wildman–Crippen MR) is 51.2 cm³/mol. The van der Waals surface area contributed by atoms with Crippen LogP contribution in [0.15, 0.2) is 18.5 Å². The van der Waals surface area contributed by atoms with Crippen LogP contribution < -0.4 is 0 Å². The number of amides is 1. The van der Waals surface area contributed by atoms with Crippen molar-refractivity contribution in [1.29, 1.82) is 0 Å². The number of nitrogens with zero attached hydrogens (tertiary/aromatic N) is 2. The lowest BCUT2D eigenvalue weighted by atomic mass is 10.1. The van der Waals surface area contributed by atoms with Crippen molar-refractivity contribution in [2.24, 2.45) is 0 Å². The number of pyridine rings is 1. The summed E-state index contributed by atoms with van der Waals surface area (Å²) in [5, 5.41) is 8.82. The van der Waals surface area contributed by atoms with Crippen molar-refractivity contribution < 1.29 is 23.1 Å². The van der Waals surface area contributed by atoms with E-state index in [2.05, 4.69) is 4.98 Å². The Hall–Kier alpha value is -1.79. The zero-order valence-electron chi connectivity index (χ0n) is 8.61. The number of alkyl halides is 2. The van der Waals surface area contributed by atoms with E-state index in [0.29, 0.717) is 4.90 Å². The molecule has 1 amide bonds. The number of hydrogen-bond donors (Lipinski definition) is 1. The standard InChI is InChI=1S/C10H9F3N2O2/c11-7-1-6(3-14-4-7)8-2-10(12,13)5-15(8)9(16)17/h1,3-4,8H,2,5H2,(H,16,17). The zero-order chi connectivity index (χ0) is 12.6. The molecule has 17 heavy (non-hydrogen) atoms. The Labute approximate surface area is 94.7 Å². The third-order valence-corrected chi connectivity index (χ3v) is 2.63. The van der Waals surface area contributed by atoms with Gasteiger partial charge in [0.05, 0.1) is 18.8 Å². The first-order chi connectivity index (χ1) is 7.89. The van der Waals surface area contributed by atoms with Gasteiger partial charge in [0.15, 0.2) is 0 Å². The third-order valence-electron chi connectivity index (χ3n) is 2.63. The smallest absolute Gasteiger partial charge is 0.408 e. The van der Waals surface area contributed by atoms with Crippen molar-refractivity contribution in [2.75, 3.05) is 6.54 Å². The van der Waals surface area contributed by atoms with E-state index in [1.54, 1.807) is 0 Å². The van der Waals surface area contributed by atoms with Gasteiger partial charge >= 0.3 is 6.09 Å². The van der Waals surface area contributed by atoms with Crippen LogP contribution in [-0.2, 0) is 0 Å². The summed E-state index contributed by atoms with van der Waals surface area (Å²) in [7, 11) is 0. The molecule has 2 rings (SSSR count). The second kappa shape index (κ2) is 3.90. The zero-order valence-corrected chi connectivity index (χ0v) is 8.61. The van der Waals surface area contributed by atoms with Crippen LogP contribution >= 0.6 is 0 Å². The molecule has 0 saturated carbocycles. The van der Waals surface area contributed by atoms with Gasteiger partial charge in [0, 0.05) is 12.6 Å². The Morgan fingerprint density at radius 1 is 1.53 bits per heavy atom. The molecule has 0 bridgehead atoms. The van der Waals surface area contributed by atoms with E-state index in [9.17, 15) is 18.0 Å². The molecule has 1 aromatic heterocycles. The molecule has 1 saturated heterocycles. The highest BCUT2D eigenvalue weighted by atomic mass is 19.3. The summed E-state index contributed by atoms with van der Waals surface area (Å²) < 4.78 is 39.3. The number of rotatable bonds is 1. The maximum Gasteiger partial charge on any atom is 0.408 e. The van der Waals surface area contributed by atoms with Crippen molar-refractivity contribution in [2.45, 2.75) is 18.4 Å². The van der Waals surface area contributed by atoms with Crippen LogP contribution in [0.4, 0.5) is 18.0 Å². The molecule has 0 aliphatic carbocycles. The molecule has 4 nitrogen and oxygen atoms in total. The molecule has 1 aliphatic heterocycles. The van der Waals surface area contributed by atoms with Gasteiger partial charge < -0.3 is 5.11 Å². The molecule has 0 radical (unpaired) electrons. The van der Waals surface area contributed by atoms with Crippen molar-refractivity contribution in [1.82, 2.24) is 9.88 Å². The van der Waals surface area contributed by atoms with Crippen molar-refractivity contribution >= 4 is 6.09 Å². The number of carboxylic acid groups (broad SMARTS) is 1. The van der Waals surface area contributed by atoms with Crippen molar-refractivity contribution in [3.05, 3.63) is 29.8 Å². The second-order valence-corrected chi connectivity index (χ2v) is 3.92. The molecule has 1 aromatic rings. The highest BCUT2D eigenvalue weighted by molar-refractivity contribution is 5.66. The van der Waals surface area contributed by atoms with Crippen LogP contribution in [0.5, 0.6) is 0 Å². The predicted octanol–water partition coefficient (Wildman–Crippen LogP) is 2.28. The maximum absolute atomic E-state index is 13.2. The maximum atomic E-state index is 13.2. The largest absolute Gasteiger partial charge is 0.465 e. The van der Waals surface area contributed by atoms with E-state index in [1.165, 1.54) is 6.20 Å². The minimum Gasteiger partial charge on any atom is -0.465 e. The molecule has 1 atom stereocenters. The fourth-order valence-corrected chi connectivity index (χ4v) is 1.93. The van der Waals surface area contributed by atoms with Crippen molar-refractivity contribution in [3.8, 4) is 0 Å². The van der Waals surface area contributed by atoms with Gasteiger partial charge in [0.25, 0.3) is 5.92 Å². The minimum atomic E-state index is -3.09. The summed E-state index contributed by atoms with van der Waals surface area (Å²) >= 11 is 0. The van der Waals surface area contributed by atoms with Gasteiger partial charge in [0.2, 0.25) is 0 Å². The Kier molecular flexibility index (Phi) is 2.68. The van der Waals surface area contributed by atoms with E-state index in [-0.39, 0.29) is 5.56 Å². The lowest BCUT2D eigenvalue weighted by molar-refractivity contribution is 0.0126. The molecule has 1 N–H and O–H groups in total. The van der Waals surface area contributed by atoms with Crippen LogP contribution in [0.25, 0.3) is 0 Å². The molecule has 1 aliphatic rings. The summed E-state index contributed by atoms with van der Waals surface area (Å²) in [4.78, 5) is 15.0. The Morgan fingerprint density at radius 3 is 2.82 bits per heavy atom. The summed E-state index contributed by atoms with van der Waals surface area (Å²) in [5.74, 6) is -3.77. The van der Waals surface area contributed by atoms with Gasteiger partial charge in [-0.25, -0.2) is 18.0 Å². The van der Waals surface area contributed by atoms with E-state index >= 15 is 0 Å². The minimum absolute atomic E-state index is 0.143. The number of halogens is 3. The summed E-state index contributed by atoms with van der Waals surface area (Å²) in [5.41, 5.74) is 0.143. The molecular weight excluding hydrogens is 237 g/mol. The first kappa shape index (κ1) is 11.7. The summed E-state index contributed by atoms with van der Waals surface area (Å²) in [6.45, 7) is -0.872. The van der Waals surface area contributed by atoms with Crippen LogP contribution in [0.3, 0.4) is 0 Å². The van der Waals surface area contributed by atoms with E-state index in [0.717, 1.165) is 12.3 Å². The molecule has 92 valence electrons. The SMILES string of the molecule is O=C(O)N1CC(F)(F)CC1c1cncc(F)c1. The van der Waals surface area contributed by atoms with Crippen LogP contribution in [0, 0.1) is 5.82 Å². The monoisotopic (exact) mass is 246 g/mol. The quantitative estimate of drug-likeness (QED) is 0.827. The lowest BCUT2D eigenvalue weighted by Crippen LogP contribution is -2.31. The Morgan fingerprint density at radius 2 is 2.24 bits per heavy atom. The molecule has 1 fully saturated rings. The van der Waals surface area contributed by atoms with Crippen LogP contribution in [-0.4, -0.2) is 33.6 Å². The second-order valence-electron chi connectivity index (χ2n) is 3.92. The average molecular weight is 246 g/mol. The van der Waals surface area contributed by atoms with E-state index in [4.69, 9.17) is 5.11 Å². The first-order valence-corrected chi connectivity index (χ1v) is 4.87. The number of likely N-dealkylation sites (tertiary alicyclic amines) is 1. The number of hydrogen-bond acceptors (Lipinski definition) is 2. The van der Waals surface area contributed by atoms with Gasteiger partial charge in [0.1, 0.15) is 5.82 Å². The molecule has 0 spiro atoms. The fraction of sp³-hybridized carbons (Fsp3) is 0.400. The van der Waals surface area contributed by atoms with Gasteiger partial charge in [-0.3, -0.25) is 9.88 Å². The number of aromatic nitrogens is 1. The van der Waals surface area contributed by atoms with Gasteiger partial charge in [-0.2, -0.15) is 0 Å². The lowest BCUT2D eigenvalue weighted by Gasteiger charge is -2.20. The van der Waals surface area contributed by atoms with Crippen molar-refractivity contribution in [3.63, 3.8) is 0 Å². The summed E-state index contributed by atoms with van der Waals surface area (Å²) in [6, 6.07) is -0.0275. The van der Waals surface area contributed by atoms with Gasteiger partial charge in [-0.15, -0.1) is 0 Å². The molecule has 0 aromatic carbocycles. The molecule has 2 heterocycles. The Bertz CT molecular complexity index is 453.